The molecule has 1 fully saturated rings. The molecule has 1 heterocycles. The van der Waals surface area contributed by atoms with E-state index >= 15 is 0 Å². The van der Waals surface area contributed by atoms with Gasteiger partial charge in [0.05, 0.1) is 18.6 Å². The Bertz CT molecular complexity index is 457. The summed E-state index contributed by atoms with van der Waals surface area (Å²) in [5.74, 6) is 1.10. The molecule has 1 aliphatic rings. The summed E-state index contributed by atoms with van der Waals surface area (Å²) >= 11 is 0. The van der Waals surface area contributed by atoms with Crippen molar-refractivity contribution in [1.82, 2.24) is 9.88 Å². The smallest absolute Gasteiger partial charge is 0.122 e. The maximum Gasteiger partial charge on any atom is 0.122 e. The first-order valence-electron chi connectivity index (χ1n) is 6.67. The summed E-state index contributed by atoms with van der Waals surface area (Å²) in [6.45, 7) is 3.61. The summed E-state index contributed by atoms with van der Waals surface area (Å²) in [6, 6.07) is 4.55. The van der Waals surface area contributed by atoms with E-state index in [4.69, 9.17) is 15.9 Å². The molecule has 1 aromatic heterocycles. The SMILES string of the molecule is COc1cc(C)nc(CN(CCC(=N)N)C2CC2)c1. The number of pyridine rings is 1. The standard InChI is InChI=1S/C14H22N4O/c1-10-7-13(19-2)8-11(17-10)9-18(12-3-4-12)6-5-14(15)16/h7-8,12H,3-6,9H2,1-2H3,(H3,15,16). The Hall–Kier alpha value is -1.62. The van der Waals surface area contributed by atoms with Crippen molar-refractivity contribution >= 4 is 5.84 Å². The number of ether oxygens (including phenoxy) is 1. The van der Waals surface area contributed by atoms with Gasteiger partial charge < -0.3 is 10.5 Å². The van der Waals surface area contributed by atoms with Crippen LogP contribution in [0.3, 0.4) is 0 Å². The number of nitrogens with one attached hydrogen (secondary N) is 1. The molecule has 3 N–H and O–H groups in total. The minimum atomic E-state index is 0.250. The van der Waals surface area contributed by atoms with Crippen LogP contribution in [0.1, 0.15) is 30.7 Å². The second-order valence-electron chi connectivity index (χ2n) is 5.12. The van der Waals surface area contributed by atoms with Crippen molar-refractivity contribution in [1.29, 1.82) is 5.41 Å². The third-order valence-electron chi connectivity index (χ3n) is 3.31. The molecular formula is C14H22N4O. The van der Waals surface area contributed by atoms with E-state index in [9.17, 15) is 0 Å². The number of hydrogen-bond donors (Lipinski definition) is 2. The Morgan fingerprint density at radius 1 is 1.53 bits per heavy atom. The second kappa shape index (κ2) is 6.02. The Kier molecular flexibility index (Phi) is 4.37. The van der Waals surface area contributed by atoms with Crippen LogP contribution in [0.25, 0.3) is 0 Å². The van der Waals surface area contributed by atoms with Crippen molar-refractivity contribution in [3.63, 3.8) is 0 Å². The lowest BCUT2D eigenvalue weighted by Crippen LogP contribution is -2.30. The van der Waals surface area contributed by atoms with Gasteiger partial charge in [-0.3, -0.25) is 15.3 Å². The van der Waals surface area contributed by atoms with Crippen molar-refractivity contribution in [3.8, 4) is 5.75 Å². The van der Waals surface area contributed by atoms with Crippen LogP contribution in [-0.4, -0.2) is 35.4 Å². The number of rotatable bonds is 7. The summed E-state index contributed by atoms with van der Waals surface area (Å²) < 4.78 is 5.28. The molecule has 5 nitrogen and oxygen atoms in total. The quantitative estimate of drug-likeness (QED) is 0.579. The van der Waals surface area contributed by atoms with Gasteiger partial charge in [0.25, 0.3) is 0 Å². The molecule has 2 rings (SSSR count). The van der Waals surface area contributed by atoms with Gasteiger partial charge in [0.2, 0.25) is 0 Å². The van der Waals surface area contributed by atoms with Crippen LogP contribution >= 0.6 is 0 Å². The number of aromatic nitrogens is 1. The zero-order valence-corrected chi connectivity index (χ0v) is 11.6. The van der Waals surface area contributed by atoms with Crippen LogP contribution < -0.4 is 10.5 Å². The normalized spacial score (nSPS) is 14.7. The Morgan fingerprint density at radius 3 is 2.84 bits per heavy atom. The van der Waals surface area contributed by atoms with E-state index in [1.54, 1.807) is 7.11 Å². The van der Waals surface area contributed by atoms with Crippen molar-refractivity contribution in [2.45, 2.75) is 38.8 Å². The van der Waals surface area contributed by atoms with Crippen LogP contribution in [0.2, 0.25) is 0 Å². The molecule has 0 radical (unpaired) electrons. The molecule has 0 aromatic carbocycles. The average molecular weight is 262 g/mol. The molecular weight excluding hydrogens is 240 g/mol. The highest BCUT2D eigenvalue weighted by Crippen LogP contribution is 2.28. The third-order valence-corrected chi connectivity index (χ3v) is 3.31. The highest BCUT2D eigenvalue weighted by Gasteiger charge is 2.29. The minimum Gasteiger partial charge on any atom is -0.497 e. The largest absolute Gasteiger partial charge is 0.497 e. The van der Waals surface area contributed by atoms with Crippen molar-refractivity contribution < 1.29 is 4.74 Å². The fourth-order valence-corrected chi connectivity index (χ4v) is 2.20. The van der Waals surface area contributed by atoms with Crippen LogP contribution in [0.5, 0.6) is 5.75 Å². The number of aryl methyl sites for hydroxylation is 1. The molecule has 104 valence electrons. The maximum absolute atomic E-state index is 7.34. The Labute approximate surface area is 114 Å². The molecule has 5 heteroatoms. The first-order valence-corrected chi connectivity index (χ1v) is 6.67. The fraction of sp³-hybridized carbons (Fsp3) is 0.571. The zero-order valence-electron chi connectivity index (χ0n) is 11.6. The van der Waals surface area contributed by atoms with Crippen molar-refractivity contribution in [3.05, 3.63) is 23.5 Å². The summed E-state index contributed by atoms with van der Waals surface area (Å²) in [5.41, 5.74) is 7.44. The van der Waals surface area contributed by atoms with E-state index in [1.807, 2.05) is 19.1 Å². The number of methoxy groups -OCH3 is 1. The van der Waals surface area contributed by atoms with Gasteiger partial charge in [-0.05, 0) is 19.8 Å². The van der Waals surface area contributed by atoms with Crippen molar-refractivity contribution in [2.24, 2.45) is 5.73 Å². The lowest BCUT2D eigenvalue weighted by atomic mass is 10.2. The summed E-state index contributed by atoms with van der Waals surface area (Å²) in [5, 5.41) is 7.34. The van der Waals surface area contributed by atoms with Crippen LogP contribution in [0.4, 0.5) is 0 Å². The Balaban J connectivity index is 2.03. The molecule has 1 saturated carbocycles. The van der Waals surface area contributed by atoms with Crippen molar-refractivity contribution in [2.75, 3.05) is 13.7 Å². The van der Waals surface area contributed by atoms with Crippen LogP contribution in [0.15, 0.2) is 12.1 Å². The number of nitrogens with two attached hydrogens (primary N) is 1. The molecule has 1 aromatic rings. The molecule has 1 aliphatic carbocycles. The number of nitrogens with zero attached hydrogens (tertiary/aromatic N) is 2. The molecule has 0 unspecified atom stereocenters. The van der Waals surface area contributed by atoms with Gasteiger partial charge in [-0.15, -0.1) is 0 Å². The first kappa shape index (κ1) is 13.8. The minimum absolute atomic E-state index is 0.250. The molecule has 0 aliphatic heterocycles. The lowest BCUT2D eigenvalue weighted by Gasteiger charge is -2.21. The van der Waals surface area contributed by atoms with Gasteiger partial charge in [-0.25, -0.2) is 0 Å². The van der Waals surface area contributed by atoms with Gasteiger partial charge in [0.1, 0.15) is 5.75 Å². The van der Waals surface area contributed by atoms with E-state index in [1.165, 1.54) is 12.8 Å². The number of amidine groups is 1. The lowest BCUT2D eigenvalue weighted by molar-refractivity contribution is 0.258. The summed E-state index contributed by atoms with van der Waals surface area (Å²) in [6.07, 6.45) is 3.10. The maximum atomic E-state index is 7.34. The monoisotopic (exact) mass is 262 g/mol. The van der Waals surface area contributed by atoms with E-state index < -0.39 is 0 Å². The van der Waals surface area contributed by atoms with Gasteiger partial charge >= 0.3 is 0 Å². The van der Waals surface area contributed by atoms with E-state index in [2.05, 4.69) is 9.88 Å². The van der Waals surface area contributed by atoms with E-state index in [0.29, 0.717) is 12.5 Å². The summed E-state index contributed by atoms with van der Waals surface area (Å²) in [7, 11) is 1.67. The fourth-order valence-electron chi connectivity index (χ4n) is 2.20. The van der Waals surface area contributed by atoms with E-state index in [0.717, 1.165) is 30.2 Å². The topological polar surface area (TPSA) is 75.2 Å². The zero-order chi connectivity index (χ0) is 13.8. The van der Waals surface area contributed by atoms with E-state index in [-0.39, 0.29) is 5.84 Å². The first-order chi connectivity index (χ1) is 9.08. The molecule has 19 heavy (non-hydrogen) atoms. The van der Waals surface area contributed by atoms with Gasteiger partial charge in [0, 0.05) is 43.4 Å². The van der Waals surface area contributed by atoms with Crippen LogP contribution in [-0.2, 0) is 6.54 Å². The second-order valence-corrected chi connectivity index (χ2v) is 5.12. The van der Waals surface area contributed by atoms with Gasteiger partial charge in [-0.1, -0.05) is 0 Å². The average Bonchev–Trinajstić information content (AvgIpc) is 3.17. The Morgan fingerprint density at radius 2 is 2.26 bits per heavy atom. The molecule has 0 atom stereocenters. The highest BCUT2D eigenvalue weighted by atomic mass is 16.5. The molecule has 0 bridgehead atoms. The molecule has 0 saturated heterocycles. The predicted molar refractivity (Wildman–Crippen MR) is 75.5 cm³/mol. The predicted octanol–water partition coefficient (Wildman–Crippen LogP) is 1.69. The third kappa shape index (κ3) is 4.21. The number of hydrogen-bond acceptors (Lipinski definition) is 4. The molecule has 0 amide bonds. The highest BCUT2D eigenvalue weighted by molar-refractivity contribution is 5.76. The van der Waals surface area contributed by atoms with Crippen LogP contribution in [0, 0.1) is 12.3 Å². The summed E-state index contributed by atoms with van der Waals surface area (Å²) in [4.78, 5) is 6.92. The van der Waals surface area contributed by atoms with Gasteiger partial charge in [0.15, 0.2) is 0 Å². The molecule has 0 spiro atoms. The van der Waals surface area contributed by atoms with Gasteiger partial charge in [-0.2, -0.15) is 0 Å².